The van der Waals surface area contributed by atoms with Crippen LogP contribution in [0.25, 0.3) is 32.3 Å². The second-order valence-electron chi connectivity index (χ2n) is 9.98. The number of fused-ring (bicyclic) bond motifs is 3. The summed E-state index contributed by atoms with van der Waals surface area (Å²) in [4.78, 5) is 0. The first-order valence-corrected chi connectivity index (χ1v) is 14.1. The van der Waals surface area contributed by atoms with Gasteiger partial charge in [0.2, 0.25) is 0 Å². The van der Waals surface area contributed by atoms with E-state index in [0.717, 1.165) is 25.7 Å². The van der Waals surface area contributed by atoms with Gasteiger partial charge in [0.05, 0.1) is 0 Å². The number of rotatable bonds is 10. The molecule has 0 heterocycles. The molecule has 0 spiro atoms. The van der Waals surface area contributed by atoms with Crippen molar-refractivity contribution in [2.75, 3.05) is 0 Å². The molecule has 0 fully saturated rings. The third-order valence-corrected chi connectivity index (χ3v) is 8.10. The Bertz CT molecular complexity index is 1200. The van der Waals surface area contributed by atoms with Gasteiger partial charge in [0.1, 0.15) is 0 Å². The smallest absolute Gasteiger partial charge is 0.0136 e. The van der Waals surface area contributed by atoms with Crippen molar-refractivity contribution in [2.45, 2.75) is 106 Å². The second-order valence-corrected chi connectivity index (χ2v) is 9.98. The molecule has 0 aliphatic carbocycles. The van der Waals surface area contributed by atoms with E-state index in [-0.39, 0.29) is 0 Å². The van der Waals surface area contributed by atoms with Crippen LogP contribution in [0, 0.1) is 0 Å². The van der Waals surface area contributed by atoms with Crippen molar-refractivity contribution in [1.29, 1.82) is 0 Å². The van der Waals surface area contributed by atoms with Gasteiger partial charge < -0.3 is 0 Å². The van der Waals surface area contributed by atoms with Gasteiger partial charge in [-0.25, -0.2) is 0 Å². The van der Waals surface area contributed by atoms with Crippen LogP contribution in [0.2, 0.25) is 0 Å². The Morgan fingerprint density at radius 2 is 0.765 bits per heavy atom. The Hall–Kier alpha value is -2.34. The number of hydrogen-bond acceptors (Lipinski definition) is 0. The minimum absolute atomic E-state index is 1.11. The van der Waals surface area contributed by atoms with Gasteiger partial charge in [-0.1, -0.05) is 78.6 Å². The van der Waals surface area contributed by atoms with Crippen LogP contribution in [-0.2, 0) is 38.5 Å². The molecule has 0 radical (unpaired) electrons. The lowest BCUT2D eigenvalue weighted by atomic mass is 9.81. The molecule has 4 aromatic rings. The average molecular weight is 453 g/mol. The van der Waals surface area contributed by atoms with Crippen molar-refractivity contribution in [3.63, 3.8) is 0 Å². The molecule has 0 aliphatic rings. The predicted octanol–water partition coefficient (Wildman–Crippen LogP) is 10.1. The van der Waals surface area contributed by atoms with Crippen molar-refractivity contribution in [1.82, 2.24) is 0 Å². The fourth-order valence-corrected chi connectivity index (χ4v) is 6.49. The molecule has 0 saturated carbocycles. The van der Waals surface area contributed by atoms with Crippen LogP contribution >= 0.6 is 0 Å². The summed E-state index contributed by atoms with van der Waals surface area (Å²) in [5.41, 5.74) is 9.59. The number of unbranched alkanes of at least 4 members (excludes halogenated alkanes) is 2. The standard InChI is InChI=1S/C34H44/c1-7-13-17-29-27-19-15-16-20-28(27)30(18-14-8-2)34-22-32-26(12-6)24(10-4)23(9-3)25(11-5)31(32)21-33(29)34/h15-16,19-22H,7-14,17-18H2,1-6H3. The Balaban J connectivity index is 2.24. The van der Waals surface area contributed by atoms with E-state index in [4.69, 9.17) is 0 Å². The first kappa shape index (κ1) is 24.8. The van der Waals surface area contributed by atoms with Crippen LogP contribution in [0.5, 0.6) is 0 Å². The number of hydrogen-bond donors (Lipinski definition) is 0. The van der Waals surface area contributed by atoms with E-state index in [1.807, 2.05) is 0 Å². The molecule has 0 nitrogen and oxygen atoms in total. The van der Waals surface area contributed by atoms with Gasteiger partial charge in [-0.3, -0.25) is 0 Å². The van der Waals surface area contributed by atoms with Gasteiger partial charge in [-0.15, -0.1) is 0 Å². The van der Waals surface area contributed by atoms with E-state index in [2.05, 4.69) is 77.9 Å². The summed E-state index contributed by atoms with van der Waals surface area (Å²) in [5, 5.41) is 9.07. The molecule has 0 atom stereocenters. The number of benzene rings is 4. The first-order chi connectivity index (χ1) is 16.6. The molecule has 180 valence electrons. The minimum Gasteiger partial charge on any atom is -0.0654 e. The quantitative estimate of drug-likeness (QED) is 0.210. The van der Waals surface area contributed by atoms with Crippen molar-refractivity contribution in [3.8, 4) is 0 Å². The highest BCUT2D eigenvalue weighted by molar-refractivity contribution is 6.11. The monoisotopic (exact) mass is 452 g/mol. The van der Waals surface area contributed by atoms with Gasteiger partial charge in [0.15, 0.2) is 0 Å². The third kappa shape index (κ3) is 4.15. The lowest BCUT2D eigenvalue weighted by molar-refractivity contribution is 0.798. The van der Waals surface area contributed by atoms with Crippen molar-refractivity contribution in [2.24, 2.45) is 0 Å². The van der Waals surface area contributed by atoms with Crippen molar-refractivity contribution >= 4 is 32.3 Å². The van der Waals surface area contributed by atoms with E-state index in [1.54, 1.807) is 33.4 Å². The maximum atomic E-state index is 2.62. The molecule has 0 N–H and O–H groups in total. The minimum atomic E-state index is 1.11. The second kappa shape index (κ2) is 10.9. The van der Waals surface area contributed by atoms with Gasteiger partial charge in [0.25, 0.3) is 0 Å². The highest BCUT2D eigenvalue weighted by Crippen LogP contribution is 2.41. The normalized spacial score (nSPS) is 11.8. The van der Waals surface area contributed by atoms with E-state index in [0.29, 0.717) is 0 Å². The van der Waals surface area contributed by atoms with Crippen LogP contribution in [0.15, 0.2) is 36.4 Å². The molecule has 4 aromatic carbocycles. The molecule has 0 aromatic heterocycles. The van der Waals surface area contributed by atoms with Crippen molar-refractivity contribution in [3.05, 3.63) is 69.8 Å². The maximum Gasteiger partial charge on any atom is -0.0136 e. The molecule has 34 heavy (non-hydrogen) atoms. The topological polar surface area (TPSA) is 0 Å². The predicted molar refractivity (Wildman–Crippen MR) is 154 cm³/mol. The third-order valence-electron chi connectivity index (χ3n) is 8.10. The van der Waals surface area contributed by atoms with E-state index in [9.17, 15) is 0 Å². The Labute approximate surface area is 207 Å². The molecule has 0 unspecified atom stereocenters. The molecule has 4 rings (SSSR count). The summed E-state index contributed by atoms with van der Waals surface area (Å²) in [6.07, 6.45) is 11.8. The lowest BCUT2D eigenvalue weighted by Crippen LogP contribution is -2.05. The molecule has 0 amide bonds. The summed E-state index contributed by atoms with van der Waals surface area (Å²) in [6, 6.07) is 14.5. The summed E-state index contributed by atoms with van der Waals surface area (Å²) < 4.78 is 0. The summed E-state index contributed by atoms with van der Waals surface area (Å²) in [5.74, 6) is 0. The number of aryl methyl sites for hydroxylation is 4. The first-order valence-electron chi connectivity index (χ1n) is 14.1. The molecule has 0 saturated heterocycles. The van der Waals surface area contributed by atoms with Crippen LogP contribution in [0.1, 0.15) is 101 Å². The molecular formula is C34H44. The van der Waals surface area contributed by atoms with Crippen LogP contribution in [0.4, 0.5) is 0 Å². The van der Waals surface area contributed by atoms with Crippen LogP contribution in [0.3, 0.4) is 0 Å². The Morgan fingerprint density at radius 1 is 0.412 bits per heavy atom. The largest absolute Gasteiger partial charge is 0.0654 e. The Morgan fingerprint density at radius 3 is 1.09 bits per heavy atom. The van der Waals surface area contributed by atoms with Gasteiger partial charge in [-0.2, -0.15) is 0 Å². The molecule has 0 heteroatoms. The zero-order valence-electron chi connectivity index (χ0n) is 22.5. The highest BCUT2D eigenvalue weighted by Gasteiger charge is 2.20. The fourth-order valence-electron chi connectivity index (χ4n) is 6.49. The summed E-state index contributed by atoms with van der Waals surface area (Å²) >= 11 is 0. The van der Waals surface area contributed by atoms with Crippen LogP contribution in [-0.4, -0.2) is 0 Å². The molecule has 0 aliphatic heterocycles. The van der Waals surface area contributed by atoms with E-state index >= 15 is 0 Å². The lowest BCUT2D eigenvalue weighted by Gasteiger charge is -2.23. The fraction of sp³-hybridized carbons (Fsp3) is 0.471. The Kier molecular flexibility index (Phi) is 7.97. The average Bonchev–Trinajstić information content (AvgIpc) is 2.88. The maximum absolute atomic E-state index is 2.62. The summed E-state index contributed by atoms with van der Waals surface area (Å²) in [7, 11) is 0. The van der Waals surface area contributed by atoms with Gasteiger partial charge in [-0.05, 0) is 129 Å². The van der Waals surface area contributed by atoms with E-state index in [1.165, 1.54) is 70.8 Å². The molecular weight excluding hydrogens is 408 g/mol. The summed E-state index contributed by atoms with van der Waals surface area (Å²) in [6.45, 7) is 14.0. The SMILES string of the molecule is CCCCc1c2ccccc2c(CCCC)c2cc3c(CC)c(CC)c(CC)c(CC)c3cc12. The van der Waals surface area contributed by atoms with E-state index < -0.39 is 0 Å². The van der Waals surface area contributed by atoms with Crippen LogP contribution < -0.4 is 0 Å². The van der Waals surface area contributed by atoms with Crippen molar-refractivity contribution < 1.29 is 0 Å². The highest BCUT2D eigenvalue weighted by atomic mass is 14.2. The van der Waals surface area contributed by atoms with Gasteiger partial charge >= 0.3 is 0 Å². The zero-order valence-corrected chi connectivity index (χ0v) is 22.5. The zero-order chi connectivity index (χ0) is 24.2. The van der Waals surface area contributed by atoms with Gasteiger partial charge in [0, 0.05) is 0 Å². The molecule has 0 bridgehead atoms.